The second-order valence-corrected chi connectivity index (χ2v) is 10.6. The summed E-state index contributed by atoms with van der Waals surface area (Å²) in [6.07, 6.45) is -8.90. The van der Waals surface area contributed by atoms with Crippen LogP contribution in [0.5, 0.6) is 11.5 Å². The van der Waals surface area contributed by atoms with Gasteiger partial charge in [0.25, 0.3) is 0 Å². The normalized spacial score (nSPS) is 12.2. The summed E-state index contributed by atoms with van der Waals surface area (Å²) in [4.78, 5) is 12.4. The van der Waals surface area contributed by atoms with Crippen LogP contribution >= 0.6 is 0 Å². The lowest BCUT2D eigenvalue weighted by Crippen LogP contribution is -2.36. The fraction of sp³-hybridized carbons (Fsp3) is 0.200. The number of carbonyl (C=O) groups excluding carboxylic acids is 1. The Kier molecular flexibility index (Phi) is 10.9. The van der Waals surface area contributed by atoms with E-state index < -0.39 is 49.2 Å². The van der Waals surface area contributed by atoms with Gasteiger partial charge in [0.1, 0.15) is 18.1 Å². The highest BCUT2D eigenvalue weighted by Crippen LogP contribution is 2.39. The summed E-state index contributed by atoms with van der Waals surface area (Å²) < 4.78 is 108. The maximum atomic E-state index is 14.8. The summed E-state index contributed by atoms with van der Waals surface area (Å²) in [5.74, 6) is -5.70. The molecule has 0 bridgehead atoms. The van der Waals surface area contributed by atoms with Gasteiger partial charge in [-0.2, -0.15) is 30.7 Å². The quantitative estimate of drug-likeness (QED) is 0.0483. The number of hydrogen-bond donors (Lipinski definition) is 2. The van der Waals surface area contributed by atoms with Gasteiger partial charge in [-0.1, -0.05) is 24.3 Å². The van der Waals surface area contributed by atoms with Crippen LogP contribution in [0.15, 0.2) is 91.0 Å². The number of anilines is 2. The molecule has 0 spiro atoms. The van der Waals surface area contributed by atoms with Crippen LogP contribution in [0.2, 0.25) is 0 Å². The van der Waals surface area contributed by atoms with E-state index in [1.807, 2.05) is 6.07 Å². The van der Waals surface area contributed by atoms with Crippen molar-refractivity contribution in [2.75, 3.05) is 18.1 Å². The van der Waals surface area contributed by atoms with Gasteiger partial charge < -0.3 is 25.7 Å². The maximum absolute atomic E-state index is 14.8. The van der Waals surface area contributed by atoms with E-state index in [1.165, 1.54) is 30.3 Å². The van der Waals surface area contributed by atoms with E-state index in [2.05, 4.69) is 6.92 Å². The first-order valence-corrected chi connectivity index (χ1v) is 14.3. The minimum Gasteiger partial charge on any atom is -0.494 e. The molecule has 4 N–H and O–H groups in total. The Hall–Kier alpha value is -5.20. The summed E-state index contributed by atoms with van der Waals surface area (Å²) in [5, 5.41) is 0. The smallest absolute Gasteiger partial charge is 0.453 e. The van der Waals surface area contributed by atoms with Gasteiger partial charge in [0.2, 0.25) is 0 Å². The third kappa shape index (κ3) is 9.43. The van der Waals surface area contributed by atoms with Gasteiger partial charge in [0.15, 0.2) is 0 Å². The molecule has 6 nitrogen and oxygen atoms in total. The molecule has 13 heteroatoms. The van der Waals surface area contributed by atoms with Crippen molar-refractivity contribution in [3.05, 3.63) is 120 Å². The summed E-state index contributed by atoms with van der Waals surface area (Å²) in [6.45, 7) is 3.48. The molecule has 4 aromatic carbocycles. The highest BCUT2D eigenvalue weighted by atomic mass is 19.4. The van der Waals surface area contributed by atoms with Crippen molar-refractivity contribution in [1.82, 2.24) is 0 Å². The number of carbonyl (C=O) groups is 1. The summed E-state index contributed by atoms with van der Waals surface area (Å²) in [5.41, 5.74) is 15.6. The van der Waals surface area contributed by atoms with Crippen LogP contribution in [-0.4, -0.2) is 24.7 Å². The number of halogens is 7. The largest absolute Gasteiger partial charge is 0.494 e. The Morgan fingerprint density at radius 3 is 2.00 bits per heavy atom. The molecular weight excluding hydrogens is 645 g/mol. The van der Waals surface area contributed by atoms with Crippen LogP contribution in [0.3, 0.4) is 0 Å². The van der Waals surface area contributed by atoms with Crippen LogP contribution < -0.4 is 20.9 Å². The average Bonchev–Trinajstić information content (AvgIpc) is 3.02. The Balaban J connectivity index is 1.29. The summed E-state index contributed by atoms with van der Waals surface area (Å²) in [6, 6.07) is 20.1. The molecule has 0 aliphatic carbocycles. The number of ether oxygens (including phenoxy) is 3. The van der Waals surface area contributed by atoms with Crippen molar-refractivity contribution in [3.63, 3.8) is 0 Å². The molecule has 0 atom stereocenters. The highest BCUT2D eigenvalue weighted by Gasteiger charge is 2.56. The third-order valence-electron chi connectivity index (χ3n) is 6.97. The van der Waals surface area contributed by atoms with Crippen molar-refractivity contribution in [3.8, 4) is 22.6 Å². The molecule has 0 aliphatic rings. The van der Waals surface area contributed by atoms with E-state index in [-0.39, 0.29) is 18.1 Å². The molecule has 253 valence electrons. The molecule has 48 heavy (non-hydrogen) atoms. The van der Waals surface area contributed by atoms with Crippen LogP contribution in [0.4, 0.5) is 42.1 Å². The Bertz CT molecular complexity index is 1740. The standard InChI is InChI=1S/C35H30F7N2O4/c1-22-19-26(43)8-14-30(22)31-15-9-27(44)20-24(31)21-47-32(45)16-5-23-3-6-25(7-4-23)34(38,39)48-29-12-10-28(11-13-29)46-18-2-17-33(36,37)35(40,41)42/h3-16,19-20H,1-2,17-18,21,43-44H2/b16-5+. The number of benzene rings is 4. The number of nitrogen functional groups attached to an aromatic ring is 2. The molecule has 0 fully saturated rings. The second-order valence-electron chi connectivity index (χ2n) is 10.6. The van der Waals surface area contributed by atoms with E-state index >= 15 is 0 Å². The fourth-order valence-electron chi connectivity index (χ4n) is 4.46. The predicted molar refractivity (Wildman–Crippen MR) is 167 cm³/mol. The summed E-state index contributed by atoms with van der Waals surface area (Å²) >= 11 is 0. The lowest BCUT2D eigenvalue weighted by Gasteiger charge is -2.19. The topological polar surface area (TPSA) is 96.8 Å². The van der Waals surface area contributed by atoms with Gasteiger partial charge in [-0.15, -0.1) is 0 Å². The van der Waals surface area contributed by atoms with E-state index in [0.29, 0.717) is 28.1 Å². The second kappa shape index (κ2) is 14.7. The highest BCUT2D eigenvalue weighted by molar-refractivity contribution is 5.87. The Morgan fingerprint density at radius 2 is 1.38 bits per heavy atom. The van der Waals surface area contributed by atoms with Crippen molar-refractivity contribution in [1.29, 1.82) is 0 Å². The van der Waals surface area contributed by atoms with Crippen molar-refractivity contribution >= 4 is 23.4 Å². The molecule has 1 radical (unpaired) electrons. The average molecular weight is 676 g/mol. The zero-order valence-electron chi connectivity index (χ0n) is 25.2. The lowest BCUT2D eigenvalue weighted by atomic mass is 9.95. The van der Waals surface area contributed by atoms with Gasteiger partial charge in [-0.3, -0.25) is 0 Å². The van der Waals surface area contributed by atoms with Crippen LogP contribution in [0.25, 0.3) is 17.2 Å². The van der Waals surface area contributed by atoms with Crippen LogP contribution in [0.1, 0.15) is 35.1 Å². The van der Waals surface area contributed by atoms with Gasteiger partial charge in [0, 0.05) is 23.9 Å². The maximum Gasteiger partial charge on any atom is 0.453 e. The molecule has 4 rings (SSSR count). The molecule has 0 saturated heterocycles. The van der Waals surface area contributed by atoms with Crippen LogP contribution in [-0.2, 0) is 22.2 Å². The number of nitrogens with two attached hydrogens (primary N) is 2. The van der Waals surface area contributed by atoms with Crippen molar-refractivity contribution in [2.24, 2.45) is 0 Å². The fourth-order valence-corrected chi connectivity index (χ4v) is 4.46. The number of esters is 1. The monoisotopic (exact) mass is 675 g/mol. The predicted octanol–water partition coefficient (Wildman–Crippen LogP) is 8.94. The molecular formula is C35H30F7N2O4. The van der Waals surface area contributed by atoms with Gasteiger partial charge in [-0.25, -0.2) is 4.79 Å². The molecule has 0 heterocycles. The number of rotatable bonds is 13. The van der Waals surface area contributed by atoms with E-state index in [9.17, 15) is 35.5 Å². The minimum absolute atomic E-state index is 0.0678. The Morgan fingerprint density at radius 1 is 0.771 bits per heavy atom. The van der Waals surface area contributed by atoms with Gasteiger partial charge >= 0.3 is 24.2 Å². The summed E-state index contributed by atoms with van der Waals surface area (Å²) in [7, 11) is 0. The Labute approximate surface area is 271 Å². The zero-order valence-corrected chi connectivity index (χ0v) is 25.2. The first kappa shape index (κ1) is 35.7. The van der Waals surface area contributed by atoms with Crippen molar-refractivity contribution < 1.29 is 49.7 Å². The first-order chi connectivity index (χ1) is 22.5. The lowest BCUT2D eigenvalue weighted by molar-refractivity contribution is -0.284. The molecule has 0 amide bonds. The van der Waals surface area contributed by atoms with E-state index in [4.69, 9.17) is 25.7 Å². The SMILES string of the molecule is [CH2]c1cc(N)ccc1-c1ccc(N)cc1COC(=O)/C=C/c1ccc(C(F)(F)Oc2ccc(OCCCC(F)(F)C(F)(F)F)cc2)cc1. The number of alkyl halides is 7. The number of hydrogen-bond acceptors (Lipinski definition) is 6. The molecule has 0 aromatic heterocycles. The van der Waals surface area contributed by atoms with Crippen molar-refractivity contribution in [2.45, 2.75) is 37.7 Å². The minimum atomic E-state index is -5.65. The van der Waals surface area contributed by atoms with E-state index in [0.717, 1.165) is 41.5 Å². The van der Waals surface area contributed by atoms with Gasteiger partial charge in [0.05, 0.1) is 12.2 Å². The third-order valence-corrected chi connectivity index (χ3v) is 6.97. The zero-order chi connectivity index (χ0) is 35.1. The molecule has 0 unspecified atom stereocenters. The molecule has 0 saturated carbocycles. The van der Waals surface area contributed by atoms with E-state index in [1.54, 1.807) is 30.3 Å². The van der Waals surface area contributed by atoms with Gasteiger partial charge in [-0.05, 0) is 108 Å². The first-order valence-electron chi connectivity index (χ1n) is 14.3. The van der Waals surface area contributed by atoms with Crippen LogP contribution in [0, 0.1) is 6.92 Å². The molecule has 0 aliphatic heterocycles. The molecule has 4 aromatic rings.